The Morgan fingerprint density at radius 1 is 0.623 bits per heavy atom. The molecule has 2 aromatic heterocycles. The third-order valence-electron chi connectivity index (χ3n) is 7.73. The lowest BCUT2D eigenvalue weighted by atomic mass is 10.2. The van der Waals surface area contributed by atoms with Gasteiger partial charge in [-0.25, -0.2) is 14.5 Å². The summed E-state index contributed by atoms with van der Waals surface area (Å²) in [7, 11) is 0. The van der Waals surface area contributed by atoms with E-state index < -0.39 is 22.8 Å². The Hall–Kier alpha value is -3.92. The number of carbonyl (C=O) groups excluding carboxylic acids is 4. The molecule has 1 aliphatic heterocycles. The minimum absolute atomic E-state index is 0.0729. The van der Waals surface area contributed by atoms with Crippen molar-refractivity contribution in [2.24, 2.45) is 0 Å². The molecule has 53 heavy (non-hydrogen) atoms. The van der Waals surface area contributed by atoms with E-state index in [1.807, 2.05) is 95.2 Å². The molecular weight excluding hydrogens is 682 g/mol. The van der Waals surface area contributed by atoms with Gasteiger partial charge < -0.3 is 18.9 Å². The van der Waals surface area contributed by atoms with Crippen molar-refractivity contribution in [3.05, 3.63) is 41.9 Å². The first-order chi connectivity index (χ1) is 24.7. The Bertz CT molecular complexity index is 1460. The quantitative estimate of drug-likeness (QED) is 0.245. The van der Waals surface area contributed by atoms with Gasteiger partial charge in [-0.15, -0.1) is 0 Å². The number of esters is 4. The summed E-state index contributed by atoms with van der Waals surface area (Å²) < 4.78 is 23.6. The number of aromatic nitrogens is 3. The largest absolute Gasteiger partial charge is 0.461 e. The van der Waals surface area contributed by atoms with Crippen molar-refractivity contribution in [3.8, 4) is 5.82 Å². The first kappa shape index (κ1) is 43.5. The van der Waals surface area contributed by atoms with E-state index in [1.165, 1.54) is 0 Å². The highest BCUT2D eigenvalue weighted by atomic mass is 16.6. The number of ether oxygens (including phenoxy) is 4. The molecule has 1 saturated heterocycles. The molecule has 3 rings (SSSR count). The predicted octanol–water partition coefficient (Wildman–Crippen LogP) is 3.19. The smallest absolute Gasteiger partial charge is 0.358 e. The topological polar surface area (TPSA) is 149 Å². The average Bonchev–Trinajstić information content (AvgIpc) is 3.51. The fourth-order valence-corrected chi connectivity index (χ4v) is 5.56. The van der Waals surface area contributed by atoms with Crippen molar-refractivity contribution < 1.29 is 38.1 Å². The van der Waals surface area contributed by atoms with Crippen molar-refractivity contribution in [2.45, 2.75) is 92.6 Å². The van der Waals surface area contributed by atoms with Crippen molar-refractivity contribution in [2.75, 3.05) is 78.6 Å². The molecule has 15 nitrogen and oxygen atoms in total. The van der Waals surface area contributed by atoms with Crippen LogP contribution in [0.5, 0.6) is 0 Å². The van der Waals surface area contributed by atoms with Gasteiger partial charge in [0.25, 0.3) is 0 Å². The highest BCUT2D eigenvalue weighted by molar-refractivity contribution is 5.87. The Morgan fingerprint density at radius 2 is 1.04 bits per heavy atom. The summed E-state index contributed by atoms with van der Waals surface area (Å²) in [5, 5.41) is 4.36. The highest BCUT2D eigenvalue weighted by Crippen LogP contribution is 2.13. The standard InChI is InChI=1S/C38H61N7O8/c1-11-50-35(49)30-15-16-45(40-30)31-14-12-13-29(39-31)25-41-17-19-42(26-32(46)51-36(2,3)4)21-23-44(28-34(48)53-38(8,9)10)24-22-43(20-18-41)27-33(47)52-37(5,6)7/h12-16H,11,17-28H2,1-10H3. The summed E-state index contributed by atoms with van der Waals surface area (Å²) in [6.45, 7) is 23.5. The van der Waals surface area contributed by atoms with Crippen LogP contribution in [0.1, 0.15) is 85.4 Å². The molecule has 0 saturated carbocycles. The van der Waals surface area contributed by atoms with Gasteiger partial charge >= 0.3 is 23.9 Å². The molecule has 3 heterocycles. The highest BCUT2D eigenvalue weighted by Gasteiger charge is 2.26. The van der Waals surface area contributed by atoms with Crippen molar-refractivity contribution in [1.29, 1.82) is 0 Å². The Labute approximate surface area is 314 Å². The molecule has 0 spiro atoms. The number of hydrogen-bond donors (Lipinski definition) is 0. The van der Waals surface area contributed by atoms with Crippen LogP contribution in [-0.2, 0) is 39.9 Å². The maximum atomic E-state index is 13.0. The molecule has 1 aliphatic rings. The summed E-state index contributed by atoms with van der Waals surface area (Å²) in [6, 6.07) is 7.23. The molecule has 0 N–H and O–H groups in total. The summed E-state index contributed by atoms with van der Waals surface area (Å²) >= 11 is 0. The van der Waals surface area contributed by atoms with Crippen LogP contribution in [0.25, 0.3) is 5.82 Å². The van der Waals surface area contributed by atoms with Crippen LogP contribution in [-0.4, -0.2) is 154 Å². The van der Waals surface area contributed by atoms with E-state index in [1.54, 1.807) is 23.9 Å². The van der Waals surface area contributed by atoms with Crippen LogP contribution >= 0.6 is 0 Å². The summed E-state index contributed by atoms with van der Waals surface area (Å²) in [4.78, 5) is 64.4. The summed E-state index contributed by atoms with van der Waals surface area (Å²) in [5.41, 5.74) is -0.904. The molecule has 15 heteroatoms. The van der Waals surface area contributed by atoms with Gasteiger partial charge in [0.2, 0.25) is 0 Å². The van der Waals surface area contributed by atoms with Crippen LogP contribution in [0.3, 0.4) is 0 Å². The van der Waals surface area contributed by atoms with E-state index in [9.17, 15) is 19.2 Å². The van der Waals surface area contributed by atoms with Gasteiger partial charge in [-0.3, -0.25) is 34.0 Å². The van der Waals surface area contributed by atoms with E-state index in [2.05, 4.69) is 10.00 Å². The van der Waals surface area contributed by atoms with Gasteiger partial charge in [-0.2, -0.15) is 5.10 Å². The van der Waals surface area contributed by atoms with E-state index in [0.717, 1.165) is 5.69 Å². The van der Waals surface area contributed by atoms with Gasteiger partial charge in [0.1, 0.15) is 16.8 Å². The minimum Gasteiger partial charge on any atom is -0.461 e. The van der Waals surface area contributed by atoms with E-state index >= 15 is 0 Å². The number of carbonyl (C=O) groups is 4. The second-order valence-electron chi connectivity index (χ2n) is 16.2. The number of pyridine rings is 1. The molecule has 1 fully saturated rings. The first-order valence-corrected chi connectivity index (χ1v) is 18.4. The molecule has 0 unspecified atom stereocenters. The first-order valence-electron chi connectivity index (χ1n) is 18.4. The lowest BCUT2D eigenvalue weighted by molar-refractivity contribution is -0.158. The Balaban J connectivity index is 1.87. The van der Waals surface area contributed by atoms with Crippen molar-refractivity contribution >= 4 is 23.9 Å². The third kappa shape index (κ3) is 17.2. The van der Waals surface area contributed by atoms with Crippen molar-refractivity contribution in [1.82, 2.24) is 34.4 Å². The van der Waals surface area contributed by atoms with E-state index in [4.69, 9.17) is 23.9 Å². The van der Waals surface area contributed by atoms with Crippen LogP contribution in [0, 0.1) is 0 Å². The second-order valence-corrected chi connectivity index (χ2v) is 16.2. The molecule has 0 bridgehead atoms. The molecule has 296 valence electrons. The van der Waals surface area contributed by atoms with Gasteiger partial charge in [-0.05, 0) is 87.4 Å². The SMILES string of the molecule is CCOC(=O)c1ccn(-c2cccc(CN3CCN(CC(=O)OC(C)(C)C)CCN(CC(=O)OC(C)(C)C)CCN(CC(=O)OC(C)(C)C)CC3)n2)n1. The van der Waals surface area contributed by atoms with Crippen molar-refractivity contribution in [3.63, 3.8) is 0 Å². The maximum absolute atomic E-state index is 13.0. The lowest BCUT2D eigenvalue weighted by Gasteiger charge is -2.34. The van der Waals surface area contributed by atoms with Gasteiger partial charge in [-0.1, -0.05) is 6.07 Å². The van der Waals surface area contributed by atoms with E-state index in [-0.39, 0.29) is 49.8 Å². The lowest BCUT2D eigenvalue weighted by Crippen LogP contribution is -2.49. The maximum Gasteiger partial charge on any atom is 0.358 e. The number of rotatable bonds is 11. The molecule has 0 aliphatic carbocycles. The van der Waals surface area contributed by atoms with E-state index in [0.29, 0.717) is 64.7 Å². The minimum atomic E-state index is -0.628. The molecule has 0 aromatic carbocycles. The van der Waals surface area contributed by atoms with Gasteiger partial charge in [0.15, 0.2) is 11.5 Å². The number of hydrogen-bond acceptors (Lipinski definition) is 14. The van der Waals surface area contributed by atoms with Crippen LogP contribution in [0.15, 0.2) is 30.5 Å². The zero-order chi connectivity index (χ0) is 39.4. The molecule has 0 amide bonds. The Morgan fingerprint density at radius 3 is 1.43 bits per heavy atom. The zero-order valence-corrected chi connectivity index (χ0v) is 33.5. The Kier molecular flexibility index (Phi) is 15.9. The fourth-order valence-electron chi connectivity index (χ4n) is 5.56. The third-order valence-corrected chi connectivity index (χ3v) is 7.73. The molecule has 0 radical (unpaired) electrons. The monoisotopic (exact) mass is 743 g/mol. The van der Waals surface area contributed by atoms with Crippen LogP contribution in [0.2, 0.25) is 0 Å². The number of nitrogens with zero attached hydrogens (tertiary/aromatic N) is 7. The molecule has 2 aromatic rings. The van der Waals surface area contributed by atoms with Crippen LogP contribution < -0.4 is 0 Å². The zero-order valence-electron chi connectivity index (χ0n) is 33.5. The average molecular weight is 744 g/mol. The summed E-state index contributed by atoms with van der Waals surface area (Å²) in [5.74, 6) is -0.935. The molecule has 0 atom stereocenters. The van der Waals surface area contributed by atoms with Crippen LogP contribution in [0.4, 0.5) is 0 Å². The second kappa shape index (κ2) is 19.4. The fraction of sp³-hybridized carbons (Fsp3) is 0.684. The van der Waals surface area contributed by atoms with Gasteiger partial charge in [0.05, 0.1) is 31.9 Å². The normalized spacial score (nSPS) is 16.6. The predicted molar refractivity (Wildman–Crippen MR) is 199 cm³/mol. The summed E-state index contributed by atoms with van der Waals surface area (Å²) in [6.07, 6.45) is 1.67. The van der Waals surface area contributed by atoms with Gasteiger partial charge in [0, 0.05) is 65.1 Å². The molecular formula is C38H61N7O8.